The lowest BCUT2D eigenvalue weighted by atomic mass is 10.2. The lowest BCUT2D eigenvalue weighted by Crippen LogP contribution is -2.27. The molecule has 106 valence electrons. The molecule has 0 radical (unpaired) electrons. The molecule has 1 saturated heterocycles. The zero-order chi connectivity index (χ0) is 13.9. The number of nitrogens with one attached hydrogen (secondary N) is 1. The highest BCUT2D eigenvalue weighted by atomic mass is 16.4. The fourth-order valence-corrected chi connectivity index (χ4v) is 2.51. The molecule has 1 aliphatic heterocycles. The van der Waals surface area contributed by atoms with E-state index in [1.54, 1.807) is 0 Å². The Morgan fingerprint density at radius 3 is 2.60 bits per heavy atom. The molecule has 1 N–H and O–H groups in total. The molecule has 1 fully saturated rings. The van der Waals surface area contributed by atoms with Crippen molar-refractivity contribution in [1.82, 2.24) is 10.3 Å². The Kier molecular flexibility index (Phi) is 3.74. The smallest absolute Gasteiger partial charge is 0.226 e. The van der Waals surface area contributed by atoms with Gasteiger partial charge in [-0.05, 0) is 51.1 Å². The Hall–Kier alpha value is -1.81. The SMILES string of the molecule is Cc1nc(-c2ccc(N3CCCNCC3)cc2)oc1C. The number of hydrogen-bond acceptors (Lipinski definition) is 4. The number of benzene rings is 1. The van der Waals surface area contributed by atoms with Crippen molar-refractivity contribution in [2.24, 2.45) is 0 Å². The number of aryl methyl sites for hydroxylation is 2. The summed E-state index contributed by atoms with van der Waals surface area (Å²) < 4.78 is 5.67. The lowest BCUT2D eigenvalue weighted by Gasteiger charge is -2.22. The molecule has 1 aliphatic rings. The Balaban J connectivity index is 1.80. The zero-order valence-corrected chi connectivity index (χ0v) is 12.1. The Bertz CT molecular complexity index is 546. The van der Waals surface area contributed by atoms with Gasteiger partial charge in [0.2, 0.25) is 5.89 Å². The van der Waals surface area contributed by atoms with Gasteiger partial charge in [0.15, 0.2) is 0 Å². The third-order valence-electron chi connectivity index (χ3n) is 3.85. The molecule has 3 rings (SSSR count). The van der Waals surface area contributed by atoms with Gasteiger partial charge in [0, 0.05) is 30.9 Å². The molecule has 0 unspecified atom stereocenters. The number of nitrogens with zero attached hydrogens (tertiary/aromatic N) is 2. The second-order valence-electron chi connectivity index (χ2n) is 5.30. The van der Waals surface area contributed by atoms with Gasteiger partial charge in [0.1, 0.15) is 5.76 Å². The normalized spacial score (nSPS) is 16.2. The first-order valence-corrected chi connectivity index (χ1v) is 7.24. The van der Waals surface area contributed by atoms with Crippen LogP contribution in [0.3, 0.4) is 0 Å². The molecule has 0 atom stereocenters. The van der Waals surface area contributed by atoms with Crippen LogP contribution in [-0.4, -0.2) is 31.2 Å². The largest absolute Gasteiger partial charge is 0.441 e. The summed E-state index contributed by atoms with van der Waals surface area (Å²) in [5.41, 5.74) is 3.28. The first-order valence-electron chi connectivity index (χ1n) is 7.24. The molecule has 0 spiro atoms. The summed E-state index contributed by atoms with van der Waals surface area (Å²) in [6.45, 7) is 8.27. The number of rotatable bonds is 2. The minimum absolute atomic E-state index is 0.712. The highest BCUT2D eigenvalue weighted by molar-refractivity contribution is 5.59. The summed E-state index contributed by atoms with van der Waals surface area (Å²) in [6, 6.07) is 8.52. The summed E-state index contributed by atoms with van der Waals surface area (Å²) >= 11 is 0. The average Bonchev–Trinajstić information content (AvgIpc) is 2.70. The molecule has 0 aliphatic carbocycles. The highest BCUT2D eigenvalue weighted by Gasteiger charge is 2.11. The minimum Gasteiger partial charge on any atom is -0.441 e. The molecule has 20 heavy (non-hydrogen) atoms. The molecular formula is C16H21N3O. The van der Waals surface area contributed by atoms with Crippen LogP contribution in [-0.2, 0) is 0 Å². The molecule has 4 heteroatoms. The van der Waals surface area contributed by atoms with E-state index in [1.165, 1.54) is 12.1 Å². The summed E-state index contributed by atoms with van der Waals surface area (Å²) in [6.07, 6.45) is 1.19. The number of aromatic nitrogens is 1. The maximum atomic E-state index is 5.67. The number of hydrogen-bond donors (Lipinski definition) is 1. The van der Waals surface area contributed by atoms with Crippen LogP contribution < -0.4 is 10.2 Å². The maximum Gasteiger partial charge on any atom is 0.226 e. The number of oxazole rings is 1. The second kappa shape index (κ2) is 5.67. The second-order valence-corrected chi connectivity index (χ2v) is 5.30. The number of anilines is 1. The molecule has 2 aromatic rings. The van der Waals surface area contributed by atoms with E-state index in [0.717, 1.165) is 43.2 Å². The van der Waals surface area contributed by atoms with E-state index in [-0.39, 0.29) is 0 Å². The third-order valence-corrected chi connectivity index (χ3v) is 3.85. The molecule has 4 nitrogen and oxygen atoms in total. The maximum absolute atomic E-state index is 5.67. The van der Waals surface area contributed by atoms with Crippen LogP contribution in [0.2, 0.25) is 0 Å². The predicted molar refractivity (Wildman–Crippen MR) is 81.1 cm³/mol. The molecule has 0 amide bonds. The van der Waals surface area contributed by atoms with Gasteiger partial charge in [0.25, 0.3) is 0 Å². The van der Waals surface area contributed by atoms with Gasteiger partial charge in [-0.25, -0.2) is 4.98 Å². The lowest BCUT2D eigenvalue weighted by molar-refractivity contribution is 0.541. The van der Waals surface area contributed by atoms with E-state index >= 15 is 0 Å². The van der Waals surface area contributed by atoms with Gasteiger partial charge in [0.05, 0.1) is 5.69 Å². The van der Waals surface area contributed by atoms with Crippen LogP contribution in [0.4, 0.5) is 5.69 Å². The standard InChI is InChI=1S/C16H21N3O/c1-12-13(2)20-16(18-12)14-4-6-15(7-5-14)19-10-3-8-17-9-11-19/h4-7,17H,3,8-11H2,1-2H3. The molecule has 0 saturated carbocycles. The van der Waals surface area contributed by atoms with Crippen molar-refractivity contribution in [3.63, 3.8) is 0 Å². The monoisotopic (exact) mass is 271 g/mol. The van der Waals surface area contributed by atoms with Gasteiger partial charge in [-0.1, -0.05) is 0 Å². The van der Waals surface area contributed by atoms with E-state index in [2.05, 4.69) is 39.5 Å². The topological polar surface area (TPSA) is 41.3 Å². The molecule has 1 aromatic carbocycles. The van der Waals surface area contributed by atoms with Crippen molar-refractivity contribution < 1.29 is 4.42 Å². The zero-order valence-electron chi connectivity index (χ0n) is 12.1. The fraction of sp³-hybridized carbons (Fsp3) is 0.438. The predicted octanol–water partition coefficient (Wildman–Crippen LogP) is 2.76. The van der Waals surface area contributed by atoms with Crippen LogP contribution >= 0.6 is 0 Å². The summed E-state index contributed by atoms with van der Waals surface area (Å²) in [7, 11) is 0. The first kappa shape index (κ1) is 13.2. The average molecular weight is 271 g/mol. The van der Waals surface area contributed by atoms with E-state index in [4.69, 9.17) is 4.42 Å². The molecular weight excluding hydrogens is 250 g/mol. The summed E-state index contributed by atoms with van der Waals surface area (Å²) in [4.78, 5) is 6.87. The molecule has 0 bridgehead atoms. The van der Waals surface area contributed by atoms with E-state index < -0.39 is 0 Å². The van der Waals surface area contributed by atoms with Gasteiger partial charge in [-0.2, -0.15) is 0 Å². The van der Waals surface area contributed by atoms with Crippen molar-refractivity contribution in [1.29, 1.82) is 0 Å². The summed E-state index contributed by atoms with van der Waals surface area (Å²) in [5, 5.41) is 3.43. The van der Waals surface area contributed by atoms with E-state index in [1.807, 2.05) is 13.8 Å². The van der Waals surface area contributed by atoms with Crippen LogP contribution in [0.25, 0.3) is 11.5 Å². The van der Waals surface area contributed by atoms with Crippen LogP contribution in [0.5, 0.6) is 0 Å². The van der Waals surface area contributed by atoms with Crippen molar-refractivity contribution >= 4 is 5.69 Å². The van der Waals surface area contributed by atoms with Gasteiger partial charge in [-0.15, -0.1) is 0 Å². The Morgan fingerprint density at radius 1 is 1.10 bits per heavy atom. The van der Waals surface area contributed by atoms with Crippen LogP contribution in [0, 0.1) is 13.8 Å². The van der Waals surface area contributed by atoms with Gasteiger partial charge in [-0.3, -0.25) is 0 Å². The molecule has 1 aromatic heterocycles. The first-order chi connectivity index (χ1) is 9.74. The quantitative estimate of drug-likeness (QED) is 0.912. The van der Waals surface area contributed by atoms with Crippen molar-refractivity contribution in [3.05, 3.63) is 35.7 Å². The minimum atomic E-state index is 0.712. The van der Waals surface area contributed by atoms with Crippen LogP contribution in [0.1, 0.15) is 17.9 Å². The Labute approximate surface area is 119 Å². The van der Waals surface area contributed by atoms with Gasteiger partial charge >= 0.3 is 0 Å². The Morgan fingerprint density at radius 2 is 1.90 bits per heavy atom. The van der Waals surface area contributed by atoms with E-state index in [9.17, 15) is 0 Å². The van der Waals surface area contributed by atoms with Crippen molar-refractivity contribution in [2.45, 2.75) is 20.3 Å². The molecule has 2 heterocycles. The van der Waals surface area contributed by atoms with Crippen molar-refractivity contribution in [3.8, 4) is 11.5 Å². The summed E-state index contributed by atoms with van der Waals surface area (Å²) in [5.74, 6) is 1.60. The van der Waals surface area contributed by atoms with E-state index in [0.29, 0.717) is 5.89 Å². The third kappa shape index (κ3) is 2.70. The van der Waals surface area contributed by atoms with Crippen LogP contribution in [0.15, 0.2) is 28.7 Å². The highest BCUT2D eigenvalue weighted by Crippen LogP contribution is 2.24. The fourth-order valence-electron chi connectivity index (χ4n) is 2.51. The van der Waals surface area contributed by atoms with Gasteiger partial charge < -0.3 is 14.6 Å². The van der Waals surface area contributed by atoms with Crippen molar-refractivity contribution in [2.75, 3.05) is 31.1 Å².